The van der Waals surface area contributed by atoms with Gasteiger partial charge in [0, 0.05) is 6.42 Å². The Morgan fingerprint density at radius 3 is 2.67 bits per heavy atom. The Balaban J connectivity index is 2.33. The molecule has 0 aliphatic carbocycles. The van der Waals surface area contributed by atoms with Gasteiger partial charge in [-0.05, 0) is 18.2 Å². The smallest absolute Gasteiger partial charge is 0.335 e. The molecule has 0 aliphatic rings. The van der Waals surface area contributed by atoms with Gasteiger partial charge in [-0.3, -0.25) is 0 Å². The van der Waals surface area contributed by atoms with E-state index in [0.29, 0.717) is 12.5 Å². The zero-order valence-electron chi connectivity index (χ0n) is 10.9. The quantitative estimate of drug-likeness (QED) is 0.889. The van der Waals surface area contributed by atoms with Crippen LogP contribution in [0.1, 0.15) is 29.0 Å². The molecule has 2 aromatic rings. The minimum atomic E-state index is -4.03. The number of hydrogen-bond donors (Lipinski definition) is 1. The van der Waals surface area contributed by atoms with Crippen LogP contribution in [0.25, 0.3) is 0 Å². The highest BCUT2D eigenvalue weighted by molar-refractivity contribution is 7.90. The van der Waals surface area contributed by atoms with Crippen molar-refractivity contribution in [3.63, 3.8) is 0 Å². The molecule has 0 unspecified atom stereocenters. The second-order valence-corrected chi connectivity index (χ2v) is 6.13. The van der Waals surface area contributed by atoms with E-state index in [9.17, 15) is 17.6 Å². The molecule has 2 rings (SSSR count). The number of rotatable bonds is 5. The summed E-state index contributed by atoms with van der Waals surface area (Å²) in [6, 6.07) is 2.59. The molecule has 0 saturated heterocycles. The van der Waals surface area contributed by atoms with E-state index >= 15 is 0 Å². The Bertz CT molecular complexity index is 785. The van der Waals surface area contributed by atoms with Crippen molar-refractivity contribution in [2.45, 2.75) is 24.0 Å². The van der Waals surface area contributed by atoms with Crippen LogP contribution in [-0.2, 0) is 22.0 Å². The van der Waals surface area contributed by atoms with E-state index in [2.05, 4.69) is 10.1 Å². The van der Waals surface area contributed by atoms with E-state index in [-0.39, 0.29) is 17.3 Å². The second-order valence-electron chi connectivity index (χ2n) is 4.17. The highest BCUT2D eigenvalue weighted by Crippen LogP contribution is 2.20. The van der Waals surface area contributed by atoms with Gasteiger partial charge in [-0.1, -0.05) is 12.1 Å². The summed E-state index contributed by atoms with van der Waals surface area (Å²) >= 11 is 0. The summed E-state index contributed by atoms with van der Waals surface area (Å²) in [5.74, 6) is -2.90. The molecule has 1 heterocycles. The maximum atomic E-state index is 13.8. The van der Waals surface area contributed by atoms with Crippen LogP contribution in [0.4, 0.5) is 4.39 Å². The number of aryl methyl sites for hydroxylation is 1. The number of halogens is 1. The largest absolute Gasteiger partial charge is 0.478 e. The van der Waals surface area contributed by atoms with Crippen molar-refractivity contribution < 1.29 is 27.2 Å². The number of hydrogen-bond acceptors (Lipinski definition) is 6. The molecular formula is C12H11FN2O5S. The Morgan fingerprint density at radius 1 is 1.43 bits per heavy atom. The summed E-state index contributed by atoms with van der Waals surface area (Å²) in [5.41, 5.74) is -0.334. The normalized spacial score (nSPS) is 11.5. The molecule has 112 valence electrons. The van der Waals surface area contributed by atoms with Crippen molar-refractivity contribution in [3.05, 3.63) is 41.3 Å². The zero-order valence-corrected chi connectivity index (χ0v) is 11.7. The van der Waals surface area contributed by atoms with Gasteiger partial charge in [-0.2, -0.15) is 4.98 Å². The number of aromatic nitrogens is 2. The van der Waals surface area contributed by atoms with Gasteiger partial charge in [0.2, 0.25) is 5.89 Å². The van der Waals surface area contributed by atoms with Gasteiger partial charge < -0.3 is 9.63 Å². The van der Waals surface area contributed by atoms with E-state index in [0.717, 1.165) is 12.1 Å². The minimum Gasteiger partial charge on any atom is -0.478 e. The summed E-state index contributed by atoms with van der Waals surface area (Å²) in [6.45, 7) is 1.76. The first-order valence-corrected chi connectivity index (χ1v) is 7.55. The Morgan fingerprint density at radius 2 is 2.14 bits per heavy atom. The zero-order chi connectivity index (χ0) is 15.6. The summed E-state index contributed by atoms with van der Waals surface area (Å²) in [7, 11) is -4.03. The Labute approximate surface area is 119 Å². The molecule has 7 nitrogen and oxygen atoms in total. The van der Waals surface area contributed by atoms with Crippen LogP contribution in [0, 0.1) is 5.82 Å². The molecular weight excluding hydrogens is 303 g/mol. The lowest BCUT2D eigenvalue weighted by Crippen LogP contribution is -2.09. The molecule has 0 fully saturated rings. The summed E-state index contributed by atoms with van der Waals surface area (Å²) in [5, 5.41) is 12.2. The lowest BCUT2D eigenvalue weighted by atomic mass is 10.2. The molecule has 0 saturated carbocycles. The predicted molar refractivity (Wildman–Crippen MR) is 67.9 cm³/mol. The van der Waals surface area contributed by atoms with Crippen LogP contribution in [0.5, 0.6) is 0 Å². The first-order chi connectivity index (χ1) is 9.83. The van der Waals surface area contributed by atoms with E-state index < -0.39 is 32.3 Å². The summed E-state index contributed by atoms with van der Waals surface area (Å²) < 4.78 is 42.7. The molecule has 0 spiro atoms. The van der Waals surface area contributed by atoms with E-state index in [1.807, 2.05) is 0 Å². The van der Waals surface area contributed by atoms with Crippen molar-refractivity contribution in [1.29, 1.82) is 0 Å². The molecule has 0 atom stereocenters. The lowest BCUT2D eigenvalue weighted by molar-refractivity contribution is 0.0696. The van der Waals surface area contributed by atoms with Crippen molar-refractivity contribution in [2.75, 3.05) is 0 Å². The third-order valence-corrected chi connectivity index (χ3v) is 4.29. The van der Waals surface area contributed by atoms with E-state index in [1.54, 1.807) is 6.92 Å². The van der Waals surface area contributed by atoms with Gasteiger partial charge in [0.05, 0.1) is 5.56 Å². The van der Waals surface area contributed by atoms with Gasteiger partial charge in [-0.25, -0.2) is 17.6 Å². The third-order valence-electron chi connectivity index (χ3n) is 2.65. The van der Waals surface area contributed by atoms with Crippen LogP contribution in [0.15, 0.2) is 27.6 Å². The maximum Gasteiger partial charge on any atom is 0.335 e. The van der Waals surface area contributed by atoms with E-state index in [4.69, 9.17) is 9.63 Å². The van der Waals surface area contributed by atoms with Crippen molar-refractivity contribution in [1.82, 2.24) is 10.1 Å². The minimum absolute atomic E-state index is 0.0754. The average molecular weight is 314 g/mol. The number of carboxylic acid groups (broad SMARTS) is 1. The maximum absolute atomic E-state index is 13.8. The standard InChI is InChI=1S/C12H11FN2O5S/c1-2-11-14-10(15-20-11)6-21(18,19)9-4-3-7(12(16)17)5-8(9)13/h3-5H,2,6H2,1H3,(H,16,17). The van der Waals surface area contributed by atoms with Gasteiger partial charge in [0.15, 0.2) is 15.7 Å². The average Bonchev–Trinajstić information content (AvgIpc) is 2.85. The molecule has 0 radical (unpaired) electrons. The summed E-state index contributed by atoms with van der Waals surface area (Å²) in [6.07, 6.45) is 0.453. The molecule has 0 aliphatic heterocycles. The highest BCUT2D eigenvalue weighted by Gasteiger charge is 2.23. The molecule has 0 amide bonds. The topological polar surface area (TPSA) is 110 Å². The third kappa shape index (κ3) is 3.24. The van der Waals surface area contributed by atoms with Crippen LogP contribution in [0.3, 0.4) is 0 Å². The molecule has 9 heteroatoms. The first kappa shape index (κ1) is 15.1. The highest BCUT2D eigenvalue weighted by atomic mass is 32.2. The van der Waals surface area contributed by atoms with Gasteiger partial charge in [0.25, 0.3) is 0 Å². The summed E-state index contributed by atoms with van der Waals surface area (Å²) in [4.78, 5) is 13.9. The van der Waals surface area contributed by atoms with Gasteiger partial charge in [-0.15, -0.1) is 0 Å². The fraction of sp³-hybridized carbons (Fsp3) is 0.250. The lowest BCUT2D eigenvalue weighted by Gasteiger charge is -2.04. The number of nitrogens with zero attached hydrogens (tertiary/aromatic N) is 2. The number of sulfone groups is 1. The van der Waals surface area contributed by atoms with Crippen LogP contribution in [0.2, 0.25) is 0 Å². The number of benzene rings is 1. The van der Waals surface area contributed by atoms with Crippen LogP contribution >= 0.6 is 0 Å². The second kappa shape index (κ2) is 5.60. The molecule has 1 aromatic carbocycles. The molecule has 1 N–H and O–H groups in total. The van der Waals surface area contributed by atoms with Crippen molar-refractivity contribution in [2.24, 2.45) is 0 Å². The van der Waals surface area contributed by atoms with Crippen molar-refractivity contribution in [3.8, 4) is 0 Å². The predicted octanol–water partition coefficient (Wildman–Crippen LogP) is 1.44. The Kier molecular flexibility index (Phi) is 4.03. The first-order valence-electron chi connectivity index (χ1n) is 5.90. The molecule has 21 heavy (non-hydrogen) atoms. The SMILES string of the molecule is CCc1nc(CS(=O)(=O)c2ccc(C(=O)O)cc2F)no1. The van der Waals surface area contributed by atoms with Gasteiger partial charge in [0.1, 0.15) is 16.5 Å². The van der Waals surface area contributed by atoms with Gasteiger partial charge >= 0.3 is 5.97 Å². The van der Waals surface area contributed by atoms with E-state index in [1.165, 1.54) is 0 Å². The Hall–Kier alpha value is -2.29. The van der Waals surface area contributed by atoms with Crippen LogP contribution in [-0.4, -0.2) is 29.6 Å². The molecule has 0 bridgehead atoms. The number of carboxylic acids is 1. The van der Waals surface area contributed by atoms with Crippen molar-refractivity contribution >= 4 is 15.8 Å². The van der Waals surface area contributed by atoms with Crippen LogP contribution < -0.4 is 0 Å². The monoisotopic (exact) mass is 314 g/mol. The molecule has 1 aromatic heterocycles. The number of carbonyl (C=O) groups is 1. The fourth-order valence-corrected chi connectivity index (χ4v) is 2.87. The number of aromatic carboxylic acids is 1. The fourth-order valence-electron chi connectivity index (χ4n) is 1.63.